The fraction of sp³-hybridized carbons (Fsp3) is 0.467. The molecule has 0 unspecified atom stereocenters. The van der Waals surface area contributed by atoms with Crippen LogP contribution in [0.3, 0.4) is 0 Å². The second kappa shape index (κ2) is 8.55. The van der Waals surface area contributed by atoms with Gasteiger partial charge in [0.2, 0.25) is 0 Å². The predicted molar refractivity (Wildman–Crippen MR) is 93.0 cm³/mol. The number of nitrogens with zero attached hydrogens (tertiary/aromatic N) is 5. The lowest BCUT2D eigenvalue weighted by molar-refractivity contribution is -0.274. The molecule has 0 saturated carbocycles. The zero-order valence-electron chi connectivity index (χ0n) is 14.5. The van der Waals surface area contributed by atoms with Gasteiger partial charge in [-0.25, -0.2) is 9.59 Å². The number of alkyl halides is 3. The maximum Gasteiger partial charge on any atom is 0.573 e. The molecule has 1 heterocycles. The average molecular weight is 452 g/mol. The standard InChI is InChI=1S/C15H17BrF3N5O3/c1-3-7-22(8-4-2)13(25)24-14(26)23(20-21-24)10-5-6-12(11(16)9-10)27-15(17,18)19/h5-6,9H,3-4,7-8H2,1-2H3. The van der Waals surface area contributed by atoms with Gasteiger partial charge in [-0.1, -0.05) is 13.8 Å². The predicted octanol–water partition coefficient (Wildman–Crippen LogP) is 3.18. The molecule has 27 heavy (non-hydrogen) atoms. The first-order chi connectivity index (χ1) is 12.7. The Bertz CT molecular complexity index is 859. The van der Waals surface area contributed by atoms with Crippen LogP contribution < -0.4 is 10.4 Å². The number of rotatable bonds is 6. The number of carbonyl (C=O) groups is 1. The number of aromatic nitrogens is 4. The number of amides is 1. The Balaban J connectivity index is 2.33. The third kappa shape index (κ3) is 5.08. The summed E-state index contributed by atoms with van der Waals surface area (Å²) in [5.41, 5.74) is -0.702. The van der Waals surface area contributed by atoms with Crippen molar-refractivity contribution >= 4 is 22.0 Å². The Labute approximate surface area is 160 Å². The van der Waals surface area contributed by atoms with Crippen LogP contribution in [0.4, 0.5) is 18.0 Å². The lowest BCUT2D eigenvalue weighted by atomic mass is 10.3. The van der Waals surface area contributed by atoms with Gasteiger partial charge in [0.05, 0.1) is 10.2 Å². The van der Waals surface area contributed by atoms with Gasteiger partial charge in [0.15, 0.2) is 0 Å². The van der Waals surface area contributed by atoms with Gasteiger partial charge in [-0.2, -0.15) is 4.68 Å². The molecule has 12 heteroatoms. The molecule has 1 aromatic heterocycles. The minimum absolute atomic E-state index is 0.0382. The largest absolute Gasteiger partial charge is 0.573 e. The monoisotopic (exact) mass is 451 g/mol. The Morgan fingerprint density at radius 3 is 2.37 bits per heavy atom. The van der Waals surface area contributed by atoms with Gasteiger partial charge in [-0.3, -0.25) is 0 Å². The maximum absolute atomic E-state index is 12.5. The fourth-order valence-corrected chi connectivity index (χ4v) is 2.78. The van der Waals surface area contributed by atoms with Crippen molar-refractivity contribution in [2.75, 3.05) is 13.1 Å². The SMILES string of the molecule is CCCN(CCC)C(=O)n1nnn(-c2ccc(OC(F)(F)F)c(Br)c2)c1=O. The van der Waals surface area contributed by atoms with E-state index >= 15 is 0 Å². The van der Waals surface area contributed by atoms with E-state index < -0.39 is 23.8 Å². The van der Waals surface area contributed by atoms with E-state index in [2.05, 4.69) is 31.1 Å². The molecule has 0 bridgehead atoms. The van der Waals surface area contributed by atoms with E-state index in [0.717, 1.165) is 10.7 Å². The minimum atomic E-state index is -4.85. The zero-order valence-corrected chi connectivity index (χ0v) is 16.1. The highest BCUT2D eigenvalue weighted by atomic mass is 79.9. The van der Waals surface area contributed by atoms with Crippen molar-refractivity contribution < 1.29 is 22.7 Å². The number of tetrazole rings is 1. The van der Waals surface area contributed by atoms with Crippen molar-refractivity contribution in [3.63, 3.8) is 0 Å². The maximum atomic E-state index is 12.5. The van der Waals surface area contributed by atoms with Crippen LogP contribution in [-0.2, 0) is 0 Å². The Morgan fingerprint density at radius 2 is 1.85 bits per heavy atom. The number of halogens is 4. The molecular formula is C15H17BrF3N5O3. The van der Waals surface area contributed by atoms with Crippen LogP contribution >= 0.6 is 15.9 Å². The number of hydrogen-bond acceptors (Lipinski definition) is 5. The van der Waals surface area contributed by atoms with Crippen LogP contribution in [0.25, 0.3) is 5.69 Å². The first-order valence-electron chi connectivity index (χ1n) is 8.08. The van der Waals surface area contributed by atoms with Gasteiger partial charge in [0.25, 0.3) is 0 Å². The molecule has 0 radical (unpaired) electrons. The highest BCUT2D eigenvalue weighted by Gasteiger charge is 2.32. The second-order valence-electron chi connectivity index (χ2n) is 5.52. The third-order valence-corrected chi connectivity index (χ3v) is 4.03. The summed E-state index contributed by atoms with van der Waals surface area (Å²) in [5.74, 6) is -0.472. The Morgan fingerprint density at radius 1 is 1.22 bits per heavy atom. The first kappa shape index (κ1) is 20.9. The van der Waals surface area contributed by atoms with Gasteiger partial charge in [-0.05, 0) is 57.4 Å². The zero-order chi connectivity index (χ0) is 20.2. The number of hydrogen-bond donors (Lipinski definition) is 0. The van der Waals surface area contributed by atoms with Gasteiger partial charge in [0.1, 0.15) is 5.75 Å². The van der Waals surface area contributed by atoms with E-state index in [1.807, 2.05) is 13.8 Å². The molecule has 0 fully saturated rings. The van der Waals surface area contributed by atoms with Crippen LogP contribution in [0.5, 0.6) is 5.75 Å². The summed E-state index contributed by atoms with van der Waals surface area (Å²) < 4.78 is 42.3. The molecule has 0 aliphatic heterocycles. The van der Waals surface area contributed by atoms with E-state index in [4.69, 9.17) is 0 Å². The van der Waals surface area contributed by atoms with E-state index in [1.54, 1.807) is 0 Å². The average Bonchev–Trinajstić information content (AvgIpc) is 2.96. The van der Waals surface area contributed by atoms with Crippen molar-refractivity contribution in [3.8, 4) is 11.4 Å². The lowest BCUT2D eigenvalue weighted by Crippen LogP contribution is -2.41. The summed E-state index contributed by atoms with van der Waals surface area (Å²) in [7, 11) is 0. The molecule has 0 N–H and O–H groups in total. The molecule has 0 atom stereocenters. The topological polar surface area (TPSA) is 82.2 Å². The quantitative estimate of drug-likeness (QED) is 0.629. The smallest absolute Gasteiger partial charge is 0.405 e. The summed E-state index contributed by atoms with van der Waals surface area (Å²) in [6.45, 7) is 4.72. The molecule has 0 spiro atoms. The van der Waals surface area contributed by atoms with Gasteiger partial charge in [0, 0.05) is 13.1 Å². The van der Waals surface area contributed by atoms with Crippen molar-refractivity contribution in [1.29, 1.82) is 0 Å². The third-order valence-electron chi connectivity index (χ3n) is 3.41. The van der Waals surface area contributed by atoms with Gasteiger partial charge in [-0.15, -0.1) is 17.9 Å². The van der Waals surface area contributed by atoms with E-state index in [-0.39, 0.29) is 10.2 Å². The minimum Gasteiger partial charge on any atom is -0.405 e. The second-order valence-corrected chi connectivity index (χ2v) is 6.37. The van der Waals surface area contributed by atoms with Crippen molar-refractivity contribution in [1.82, 2.24) is 24.7 Å². The van der Waals surface area contributed by atoms with Gasteiger partial charge < -0.3 is 9.64 Å². The van der Waals surface area contributed by atoms with Crippen LogP contribution in [0.15, 0.2) is 27.5 Å². The molecule has 148 valence electrons. The van der Waals surface area contributed by atoms with Crippen molar-refractivity contribution in [2.24, 2.45) is 0 Å². The molecule has 2 aromatic rings. The molecule has 0 aliphatic carbocycles. The van der Waals surface area contributed by atoms with E-state index in [0.29, 0.717) is 30.6 Å². The van der Waals surface area contributed by atoms with Crippen LogP contribution in [-0.4, -0.2) is 50.2 Å². The van der Waals surface area contributed by atoms with Crippen molar-refractivity contribution in [2.45, 2.75) is 33.1 Å². The highest BCUT2D eigenvalue weighted by Crippen LogP contribution is 2.31. The van der Waals surface area contributed by atoms with E-state index in [9.17, 15) is 22.8 Å². The number of ether oxygens (including phenoxy) is 1. The van der Waals surface area contributed by atoms with Crippen LogP contribution in [0.1, 0.15) is 26.7 Å². The molecule has 0 saturated heterocycles. The first-order valence-corrected chi connectivity index (χ1v) is 8.87. The molecule has 0 aliphatic rings. The summed E-state index contributed by atoms with van der Waals surface area (Å²) in [6.07, 6.45) is -3.43. The molecule has 2 rings (SSSR count). The van der Waals surface area contributed by atoms with Crippen LogP contribution in [0, 0.1) is 0 Å². The Kier molecular flexibility index (Phi) is 6.63. The van der Waals surface area contributed by atoms with E-state index in [1.165, 1.54) is 17.0 Å². The molecular weight excluding hydrogens is 435 g/mol. The highest BCUT2D eigenvalue weighted by molar-refractivity contribution is 9.10. The summed E-state index contributed by atoms with van der Waals surface area (Å²) in [4.78, 5) is 26.4. The fourth-order valence-electron chi connectivity index (χ4n) is 2.33. The molecule has 1 aromatic carbocycles. The van der Waals surface area contributed by atoms with Gasteiger partial charge >= 0.3 is 18.1 Å². The lowest BCUT2D eigenvalue weighted by Gasteiger charge is -2.19. The summed E-state index contributed by atoms with van der Waals surface area (Å²) in [6, 6.07) is 2.83. The molecule has 8 nitrogen and oxygen atoms in total. The van der Waals surface area contributed by atoms with Crippen LogP contribution in [0.2, 0.25) is 0 Å². The summed E-state index contributed by atoms with van der Waals surface area (Å²) >= 11 is 2.95. The van der Waals surface area contributed by atoms with Crippen molar-refractivity contribution in [3.05, 3.63) is 33.2 Å². The molecule has 1 amide bonds. The number of benzene rings is 1. The normalized spacial score (nSPS) is 11.5. The number of carbonyl (C=O) groups excluding carboxylic acids is 1. The Hall–Kier alpha value is -2.37. The summed E-state index contributed by atoms with van der Waals surface area (Å²) in [5, 5.41) is 7.23.